The van der Waals surface area contributed by atoms with Gasteiger partial charge in [0.2, 0.25) is 5.91 Å². The normalized spacial score (nSPS) is 10.7. The molecule has 0 fully saturated rings. The summed E-state index contributed by atoms with van der Waals surface area (Å²) in [6.07, 6.45) is 4.93. The Morgan fingerprint density at radius 1 is 1.15 bits per heavy atom. The Morgan fingerprint density at radius 2 is 1.97 bits per heavy atom. The molecule has 3 aromatic heterocycles. The van der Waals surface area contributed by atoms with Gasteiger partial charge in [-0.1, -0.05) is 30.3 Å². The zero-order valence-electron chi connectivity index (χ0n) is 18.6. The fourth-order valence-electron chi connectivity index (χ4n) is 3.49. The van der Waals surface area contributed by atoms with Gasteiger partial charge in [0.05, 0.1) is 25.0 Å². The van der Waals surface area contributed by atoms with Crippen LogP contribution in [0.2, 0.25) is 0 Å². The summed E-state index contributed by atoms with van der Waals surface area (Å²) in [7, 11) is 0. The van der Waals surface area contributed by atoms with Gasteiger partial charge in [0.15, 0.2) is 5.82 Å². The number of ether oxygens (including phenoxy) is 1. The van der Waals surface area contributed by atoms with Gasteiger partial charge in [-0.2, -0.15) is 0 Å². The summed E-state index contributed by atoms with van der Waals surface area (Å²) in [5.41, 5.74) is 2.45. The summed E-state index contributed by atoms with van der Waals surface area (Å²) in [5.74, 6) is -0.893. The second-order valence-corrected chi connectivity index (χ2v) is 7.44. The fourth-order valence-corrected chi connectivity index (χ4v) is 3.49. The Balaban J connectivity index is 1.54. The monoisotopic (exact) mass is 460 g/mol. The number of H-pyrrole nitrogens is 1. The Labute approximate surface area is 195 Å². The van der Waals surface area contributed by atoms with Crippen LogP contribution < -0.4 is 16.2 Å². The van der Waals surface area contributed by atoms with Crippen LogP contribution in [0.5, 0.6) is 0 Å². The number of amides is 1. The number of carbonyl (C=O) groups excluding carboxylic acids is 2. The number of aromatic nitrogens is 4. The van der Waals surface area contributed by atoms with E-state index in [9.17, 15) is 14.4 Å². The number of anilines is 1. The molecule has 4 aromatic rings. The number of nitrogens with zero attached hydrogens (tertiary/aromatic N) is 3. The lowest BCUT2D eigenvalue weighted by Gasteiger charge is -2.15. The van der Waals surface area contributed by atoms with Gasteiger partial charge in [0.1, 0.15) is 13.1 Å². The third-order valence-corrected chi connectivity index (χ3v) is 5.08. The van der Waals surface area contributed by atoms with Crippen molar-refractivity contribution in [2.24, 2.45) is 0 Å². The molecule has 0 radical (unpaired) electrons. The molecule has 10 nitrogen and oxygen atoms in total. The van der Waals surface area contributed by atoms with Crippen molar-refractivity contribution in [1.82, 2.24) is 24.8 Å². The van der Waals surface area contributed by atoms with Gasteiger partial charge in [-0.3, -0.25) is 23.9 Å². The van der Waals surface area contributed by atoms with Crippen LogP contribution in [-0.4, -0.2) is 44.5 Å². The number of nitrogens with one attached hydrogen (secondary N) is 3. The van der Waals surface area contributed by atoms with Gasteiger partial charge in [-0.05, 0) is 24.6 Å². The van der Waals surface area contributed by atoms with Gasteiger partial charge in [-0.25, -0.2) is 4.98 Å². The number of hydrogen-bond acceptors (Lipinski definition) is 7. The summed E-state index contributed by atoms with van der Waals surface area (Å²) >= 11 is 0. The Kier molecular flexibility index (Phi) is 6.97. The predicted molar refractivity (Wildman–Crippen MR) is 127 cm³/mol. The molecule has 4 rings (SSSR count). The number of pyridine rings is 1. The maximum atomic E-state index is 13.2. The number of fused-ring (bicyclic) bond motifs is 1. The minimum Gasteiger partial charge on any atom is -0.465 e. The Morgan fingerprint density at radius 3 is 2.74 bits per heavy atom. The number of esters is 1. The highest BCUT2D eigenvalue weighted by atomic mass is 16.5. The van der Waals surface area contributed by atoms with Crippen LogP contribution in [0.3, 0.4) is 0 Å². The van der Waals surface area contributed by atoms with E-state index in [1.165, 1.54) is 10.8 Å². The summed E-state index contributed by atoms with van der Waals surface area (Å²) < 4.78 is 6.21. The molecule has 174 valence electrons. The van der Waals surface area contributed by atoms with E-state index in [4.69, 9.17) is 4.74 Å². The summed E-state index contributed by atoms with van der Waals surface area (Å²) in [4.78, 5) is 49.1. The van der Waals surface area contributed by atoms with Crippen LogP contribution in [-0.2, 0) is 27.4 Å². The number of benzene rings is 1. The van der Waals surface area contributed by atoms with E-state index >= 15 is 0 Å². The van der Waals surface area contributed by atoms with Crippen LogP contribution in [0.1, 0.15) is 12.6 Å². The first kappa shape index (κ1) is 22.7. The lowest BCUT2D eigenvalue weighted by Crippen LogP contribution is -2.35. The lowest BCUT2D eigenvalue weighted by molar-refractivity contribution is -0.140. The zero-order valence-corrected chi connectivity index (χ0v) is 18.6. The first-order chi connectivity index (χ1) is 16.5. The van der Waals surface area contributed by atoms with Crippen molar-refractivity contribution in [3.63, 3.8) is 0 Å². The number of carbonyl (C=O) groups is 2. The molecule has 0 unspecified atom stereocenters. The molecule has 1 aromatic carbocycles. The summed E-state index contributed by atoms with van der Waals surface area (Å²) in [6, 6.07) is 13.0. The minimum absolute atomic E-state index is 0.0383. The molecule has 0 saturated heterocycles. The third-order valence-electron chi connectivity index (χ3n) is 5.08. The molecule has 1 amide bonds. The maximum absolute atomic E-state index is 13.2. The average Bonchev–Trinajstić information content (AvgIpc) is 3.27. The molecule has 0 bridgehead atoms. The fraction of sp³-hybridized carbons (Fsp3) is 0.208. The topological polar surface area (TPSA) is 131 Å². The van der Waals surface area contributed by atoms with Crippen molar-refractivity contribution >= 4 is 28.6 Å². The molecule has 0 aliphatic carbocycles. The van der Waals surface area contributed by atoms with E-state index in [0.717, 1.165) is 22.2 Å². The van der Waals surface area contributed by atoms with Gasteiger partial charge in [-0.15, -0.1) is 0 Å². The van der Waals surface area contributed by atoms with Crippen LogP contribution in [0.15, 0.2) is 65.8 Å². The molecule has 0 aliphatic rings. The third kappa shape index (κ3) is 5.29. The van der Waals surface area contributed by atoms with Crippen molar-refractivity contribution in [3.8, 4) is 11.3 Å². The molecule has 0 aliphatic heterocycles. The molecule has 3 heterocycles. The predicted octanol–water partition coefficient (Wildman–Crippen LogP) is 2.08. The SMILES string of the molecule is CCOC(=O)CNc1ncc(-c2ccccc2)n(CC(=O)NCc2cc3cnccc3[nH]2)c1=O. The molecule has 3 N–H and O–H groups in total. The van der Waals surface area contributed by atoms with E-state index in [0.29, 0.717) is 5.69 Å². The van der Waals surface area contributed by atoms with Crippen molar-refractivity contribution in [1.29, 1.82) is 0 Å². The molecular weight excluding hydrogens is 436 g/mol. The Bertz CT molecular complexity index is 1330. The van der Waals surface area contributed by atoms with Crippen LogP contribution in [0, 0.1) is 0 Å². The van der Waals surface area contributed by atoms with Crippen LogP contribution >= 0.6 is 0 Å². The molecule has 0 spiro atoms. The van der Waals surface area contributed by atoms with Gasteiger partial charge in [0, 0.05) is 29.0 Å². The first-order valence-corrected chi connectivity index (χ1v) is 10.8. The molecule has 0 atom stereocenters. The van der Waals surface area contributed by atoms with Crippen molar-refractivity contribution in [2.45, 2.75) is 20.0 Å². The number of hydrogen-bond donors (Lipinski definition) is 3. The highest BCUT2D eigenvalue weighted by molar-refractivity contribution is 5.80. The zero-order chi connectivity index (χ0) is 23.9. The van der Waals surface area contributed by atoms with E-state index in [1.54, 1.807) is 19.3 Å². The van der Waals surface area contributed by atoms with Gasteiger partial charge >= 0.3 is 5.97 Å². The first-order valence-electron chi connectivity index (χ1n) is 10.8. The molecule has 10 heteroatoms. The number of aromatic amines is 1. The van der Waals surface area contributed by atoms with E-state index in [-0.39, 0.29) is 38.0 Å². The summed E-state index contributed by atoms with van der Waals surface area (Å²) in [5, 5.41) is 6.48. The van der Waals surface area contributed by atoms with Gasteiger partial charge < -0.3 is 20.4 Å². The van der Waals surface area contributed by atoms with Crippen LogP contribution in [0.25, 0.3) is 22.2 Å². The number of rotatable bonds is 9. The van der Waals surface area contributed by atoms with E-state index < -0.39 is 11.5 Å². The highest BCUT2D eigenvalue weighted by Crippen LogP contribution is 2.18. The highest BCUT2D eigenvalue weighted by Gasteiger charge is 2.16. The smallest absolute Gasteiger partial charge is 0.325 e. The molecule has 0 saturated carbocycles. The minimum atomic E-state index is -0.516. The van der Waals surface area contributed by atoms with E-state index in [2.05, 4.69) is 25.6 Å². The largest absolute Gasteiger partial charge is 0.465 e. The van der Waals surface area contributed by atoms with Crippen molar-refractivity contribution in [2.75, 3.05) is 18.5 Å². The quantitative estimate of drug-likeness (QED) is 0.326. The molecule has 34 heavy (non-hydrogen) atoms. The standard InChI is InChI=1S/C24H24N6O4/c1-2-34-22(32)14-28-23-24(33)30(20(13-27-23)16-6-4-3-5-7-16)15-21(31)26-12-18-10-17-11-25-9-8-19(17)29-18/h3-11,13,29H,2,12,14-15H2,1H3,(H,26,31)(H,27,28). The molecular formula is C24H24N6O4. The van der Waals surface area contributed by atoms with Gasteiger partial charge in [0.25, 0.3) is 5.56 Å². The average molecular weight is 460 g/mol. The Hall–Kier alpha value is -4.47. The van der Waals surface area contributed by atoms with Crippen LogP contribution in [0.4, 0.5) is 5.82 Å². The maximum Gasteiger partial charge on any atom is 0.325 e. The second-order valence-electron chi connectivity index (χ2n) is 7.44. The van der Waals surface area contributed by atoms with E-state index in [1.807, 2.05) is 42.5 Å². The van der Waals surface area contributed by atoms with Crippen molar-refractivity contribution in [3.05, 3.63) is 77.1 Å². The lowest BCUT2D eigenvalue weighted by atomic mass is 10.1. The second kappa shape index (κ2) is 10.4. The van der Waals surface area contributed by atoms with Crippen molar-refractivity contribution < 1.29 is 14.3 Å². The summed E-state index contributed by atoms with van der Waals surface area (Å²) in [6.45, 7) is 1.77.